The number of hydrogen-bond donors (Lipinski definition) is 0. The Kier molecular flexibility index (Phi) is 3.96. The van der Waals surface area contributed by atoms with Crippen molar-refractivity contribution >= 4 is 10.0 Å². The summed E-state index contributed by atoms with van der Waals surface area (Å²) in [6.45, 7) is 5.14. The van der Waals surface area contributed by atoms with Gasteiger partial charge in [-0.2, -0.15) is 4.31 Å². The predicted octanol–water partition coefficient (Wildman–Crippen LogP) is 1.39. The molecule has 1 aromatic carbocycles. The van der Waals surface area contributed by atoms with Gasteiger partial charge >= 0.3 is 0 Å². The molecule has 7 nitrogen and oxygen atoms in total. The molecule has 8 heteroatoms. The number of sulfonamides is 1. The Labute approximate surface area is 130 Å². The lowest BCUT2D eigenvalue weighted by Gasteiger charge is -2.30. The number of benzene rings is 1. The fourth-order valence-corrected chi connectivity index (χ4v) is 4.51. The van der Waals surface area contributed by atoms with Crippen LogP contribution in [0.4, 0.5) is 0 Å². The van der Waals surface area contributed by atoms with Crippen LogP contribution in [0.5, 0.6) is 0 Å². The lowest BCUT2D eigenvalue weighted by molar-refractivity contribution is 0.281. The first kappa shape index (κ1) is 15.1. The number of aryl methyl sites for hydroxylation is 1. The van der Waals surface area contributed by atoms with Gasteiger partial charge in [-0.1, -0.05) is 6.92 Å². The molecule has 1 aromatic heterocycles. The summed E-state index contributed by atoms with van der Waals surface area (Å²) < 4.78 is 28.6. The highest BCUT2D eigenvalue weighted by Gasteiger charge is 2.28. The lowest BCUT2D eigenvalue weighted by Crippen LogP contribution is -2.39. The highest BCUT2D eigenvalue weighted by atomic mass is 32.2. The fraction of sp³-hybridized carbons (Fsp3) is 0.500. The van der Waals surface area contributed by atoms with Gasteiger partial charge in [0, 0.05) is 13.1 Å². The van der Waals surface area contributed by atoms with E-state index in [4.69, 9.17) is 0 Å². The summed E-state index contributed by atoms with van der Waals surface area (Å²) in [5.41, 5.74) is 1.59. The van der Waals surface area contributed by atoms with Crippen LogP contribution in [0.15, 0.2) is 29.4 Å². The Morgan fingerprint density at radius 3 is 2.77 bits per heavy atom. The molecule has 0 N–H and O–H groups in total. The molecule has 0 spiro atoms. The van der Waals surface area contributed by atoms with Gasteiger partial charge in [0.05, 0.1) is 10.6 Å². The van der Waals surface area contributed by atoms with Crippen LogP contribution in [0.2, 0.25) is 0 Å². The van der Waals surface area contributed by atoms with Crippen molar-refractivity contribution in [2.75, 3.05) is 13.1 Å². The van der Waals surface area contributed by atoms with E-state index in [1.807, 2.05) is 6.92 Å². The molecule has 0 aliphatic carbocycles. The predicted molar refractivity (Wildman–Crippen MR) is 81.0 cm³/mol. The van der Waals surface area contributed by atoms with Crippen LogP contribution in [0.3, 0.4) is 0 Å². The van der Waals surface area contributed by atoms with E-state index in [0.29, 0.717) is 23.9 Å². The van der Waals surface area contributed by atoms with Gasteiger partial charge in [0.2, 0.25) is 10.0 Å². The van der Waals surface area contributed by atoms with Crippen LogP contribution < -0.4 is 0 Å². The Bertz CT molecular complexity index is 758. The van der Waals surface area contributed by atoms with Crippen LogP contribution in [0, 0.1) is 12.8 Å². The molecule has 2 heterocycles. The molecule has 1 aliphatic heterocycles. The van der Waals surface area contributed by atoms with Crippen LogP contribution >= 0.6 is 0 Å². The molecular weight excluding hydrogens is 302 g/mol. The molecule has 1 aliphatic rings. The normalized spacial score (nSPS) is 20.2. The third-order valence-corrected chi connectivity index (χ3v) is 5.88. The lowest BCUT2D eigenvalue weighted by atomic mass is 10.0. The van der Waals surface area contributed by atoms with Crippen molar-refractivity contribution in [3.63, 3.8) is 0 Å². The van der Waals surface area contributed by atoms with Crippen molar-refractivity contribution in [1.29, 1.82) is 0 Å². The van der Waals surface area contributed by atoms with E-state index < -0.39 is 10.0 Å². The summed E-state index contributed by atoms with van der Waals surface area (Å²) >= 11 is 0. The molecule has 118 valence electrons. The van der Waals surface area contributed by atoms with Crippen molar-refractivity contribution in [3.05, 3.63) is 30.1 Å². The standard InChI is InChI=1S/C14H19N5O2S/c1-11-4-3-7-18(9-11)22(20,21)13-5-6-14(12(2)8-13)19-10-15-16-17-19/h5-6,8,10-11H,3-4,7,9H2,1-2H3/t11-/m0/s1. The summed E-state index contributed by atoms with van der Waals surface area (Å²) in [6.07, 6.45) is 3.49. The maximum absolute atomic E-state index is 12.8. The van der Waals surface area contributed by atoms with E-state index in [9.17, 15) is 8.42 Å². The van der Waals surface area contributed by atoms with E-state index in [2.05, 4.69) is 22.4 Å². The quantitative estimate of drug-likeness (QED) is 0.853. The van der Waals surface area contributed by atoms with Gasteiger partial charge in [0.15, 0.2) is 0 Å². The van der Waals surface area contributed by atoms with E-state index in [1.165, 1.54) is 11.0 Å². The summed E-state index contributed by atoms with van der Waals surface area (Å²) in [6, 6.07) is 5.05. The van der Waals surface area contributed by atoms with Gasteiger partial charge < -0.3 is 0 Å². The van der Waals surface area contributed by atoms with Gasteiger partial charge in [-0.05, 0) is 59.9 Å². The molecule has 0 radical (unpaired) electrons. The van der Waals surface area contributed by atoms with E-state index in [-0.39, 0.29) is 0 Å². The zero-order chi connectivity index (χ0) is 15.7. The monoisotopic (exact) mass is 321 g/mol. The molecule has 22 heavy (non-hydrogen) atoms. The second-order valence-corrected chi connectivity index (χ2v) is 7.75. The minimum Gasteiger partial charge on any atom is -0.207 e. The van der Waals surface area contributed by atoms with Crippen molar-refractivity contribution in [1.82, 2.24) is 24.5 Å². The second-order valence-electron chi connectivity index (χ2n) is 5.81. The highest BCUT2D eigenvalue weighted by molar-refractivity contribution is 7.89. The van der Waals surface area contributed by atoms with Crippen LogP contribution in [-0.2, 0) is 10.0 Å². The zero-order valence-electron chi connectivity index (χ0n) is 12.7. The number of hydrogen-bond acceptors (Lipinski definition) is 5. The molecule has 3 rings (SSSR count). The number of piperidine rings is 1. The molecule has 1 fully saturated rings. The average Bonchev–Trinajstić information content (AvgIpc) is 3.01. The van der Waals surface area contributed by atoms with Gasteiger partial charge in [0.25, 0.3) is 0 Å². The SMILES string of the molecule is Cc1cc(S(=O)(=O)N2CCC[C@H](C)C2)ccc1-n1cnnn1. The van der Waals surface area contributed by atoms with Gasteiger partial charge in [0.1, 0.15) is 6.33 Å². The number of rotatable bonds is 3. The first-order valence-electron chi connectivity index (χ1n) is 7.32. The maximum Gasteiger partial charge on any atom is 0.243 e. The Hall–Kier alpha value is -1.80. The van der Waals surface area contributed by atoms with Crippen LogP contribution in [0.1, 0.15) is 25.3 Å². The third-order valence-electron chi connectivity index (χ3n) is 4.02. The minimum absolute atomic E-state index is 0.330. The Balaban J connectivity index is 1.93. The van der Waals surface area contributed by atoms with Gasteiger partial charge in [-0.3, -0.25) is 0 Å². The molecule has 0 bridgehead atoms. The minimum atomic E-state index is -3.43. The maximum atomic E-state index is 12.8. The Morgan fingerprint density at radius 1 is 1.32 bits per heavy atom. The number of aromatic nitrogens is 4. The summed E-state index contributed by atoms with van der Waals surface area (Å²) in [7, 11) is -3.43. The first-order chi connectivity index (χ1) is 10.5. The third kappa shape index (κ3) is 2.76. The van der Waals surface area contributed by atoms with Crippen molar-refractivity contribution in [2.24, 2.45) is 5.92 Å². The molecule has 0 unspecified atom stereocenters. The fourth-order valence-electron chi connectivity index (χ4n) is 2.83. The van der Waals surface area contributed by atoms with Crippen molar-refractivity contribution in [2.45, 2.75) is 31.6 Å². The molecular formula is C14H19N5O2S. The average molecular weight is 321 g/mol. The second kappa shape index (κ2) is 5.77. The van der Waals surface area contributed by atoms with Gasteiger partial charge in [-0.25, -0.2) is 13.1 Å². The molecule has 2 aromatic rings. The molecule has 1 atom stereocenters. The Morgan fingerprint density at radius 2 is 2.14 bits per heavy atom. The van der Waals surface area contributed by atoms with E-state index in [1.54, 1.807) is 22.5 Å². The smallest absolute Gasteiger partial charge is 0.207 e. The summed E-state index contributed by atoms with van der Waals surface area (Å²) in [5.74, 6) is 0.408. The number of nitrogens with zero attached hydrogens (tertiary/aromatic N) is 5. The summed E-state index contributed by atoms with van der Waals surface area (Å²) in [5, 5.41) is 11.0. The molecule has 1 saturated heterocycles. The first-order valence-corrected chi connectivity index (χ1v) is 8.76. The number of tetrazole rings is 1. The van der Waals surface area contributed by atoms with Crippen LogP contribution in [0.25, 0.3) is 5.69 Å². The van der Waals surface area contributed by atoms with E-state index in [0.717, 1.165) is 24.1 Å². The van der Waals surface area contributed by atoms with Crippen molar-refractivity contribution < 1.29 is 8.42 Å². The zero-order valence-corrected chi connectivity index (χ0v) is 13.5. The van der Waals surface area contributed by atoms with Crippen LogP contribution in [-0.4, -0.2) is 46.0 Å². The largest absolute Gasteiger partial charge is 0.243 e. The highest BCUT2D eigenvalue weighted by Crippen LogP contribution is 2.25. The topological polar surface area (TPSA) is 81.0 Å². The molecule has 0 saturated carbocycles. The van der Waals surface area contributed by atoms with E-state index >= 15 is 0 Å². The summed E-state index contributed by atoms with van der Waals surface area (Å²) in [4.78, 5) is 0.330. The molecule has 0 amide bonds. The van der Waals surface area contributed by atoms with Gasteiger partial charge in [-0.15, -0.1) is 5.10 Å². The van der Waals surface area contributed by atoms with Crippen molar-refractivity contribution in [3.8, 4) is 5.69 Å².